The van der Waals surface area contributed by atoms with Gasteiger partial charge in [-0.15, -0.1) is 0 Å². The van der Waals surface area contributed by atoms with Gasteiger partial charge in [-0.05, 0) is 25.7 Å². The molecule has 1 aromatic rings. The number of hydrogen-bond donors (Lipinski definition) is 2. The van der Waals surface area contributed by atoms with E-state index in [1.807, 2.05) is 0 Å². The Bertz CT molecular complexity index is 589. The van der Waals surface area contributed by atoms with Crippen molar-refractivity contribution < 1.29 is 18.3 Å². The molecule has 2 unspecified atom stereocenters. The Labute approximate surface area is 118 Å². The second-order valence-corrected chi connectivity index (χ2v) is 6.94. The lowest BCUT2D eigenvalue weighted by Crippen LogP contribution is -2.33. The van der Waals surface area contributed by atoms with Crippen LogP contribution in [0, 0.1) is 18.8 Å². The zero-order chi connectivity index (χ0) is 14.9. The topological polar surface area (TPSA) is 101 Å². The smallest absolute Gasteiger partial charge is 0.306 e. The number of aliphatic carboxylic acids is 1. The second kappa shape index (κ2) is 5.53. The molecule has 2 N–H and O–H groups in total. The molecule has 0 amide bonds. The molecule has 0 bridgehead atoms. The number of aromatic nitrogens is 2. The highest BCUT2D eigenvalue weighted by molar-refractivity contribution is 7.89. The Hall–Kier alpha value is -1.41. The molecule has 0 radical (unpaired) electrons. The van der Waals surface area contributed by atoms with Crippen LogP contribution in [0.3, 0.4) is 0 Å². The quantitative estimate of drug-likeness (QED) is 0.825. The maximum absolute atomic E-state index is 12.1. The molecular weight excluding hydrogens is 282 g/mol. The van der Waals surface area contributed by atoms with E-state index in [9.17, 15) is 13.2 Å². The van der Waals surface area contributed by atoms with Gasteiger partial charge in [-0.25, -0.2) is 18.1 Å². The molecule has 1 saturated carbocycles. The number of nitrogens with one attached hydrogen (secondary N) is 1. The average Bonchev–Trinajstić information content (AvgIpc) is 2.95. The lowest BCUT2D eigenvalue weighted by Gasteiger charge is -2.15. The average molecular weight is 301 g/mol. The van der Waals surface area contributed by atoms with Gasteiger partial charge in [-0.3, -0.25) is 4.79 Å². The SMILES string of the molecule is Cc1nc(S(=O)(=O)NCC2CCCC2C(=O)O)cn1C. The molecule has 1 fully saturated rings. The minimum absolute atomic E-state index is 0.0256. The van der Waals surface area contributed by atoms with Crippen LogP contribution in [0.15, 0.2) is 11.2 Å². The normalized spacial score (nSPS) is 23.1. The summed E-state index contributed by atoms with van der Waals surface area (Å²) in [6.07, 6.45) is 3.62. The zero-order valence-corrected chi connectivity index (χ0v) is 12.4. The van der Waals surface area contributed by atoms with Crippen LogP contribution < -0.4 is 4.72 Å². The minimum atomic E-state index is -3.67. The highest BCUT2D eigenvalue weighted by Gasteiger charge is 2.33. The van der Waals surface area contributed by atoms with E-state index in [-0.39, 0.29) is 17.5 Å². The Kier molecular flexibility index (Phi) is 4.14. The Morgan fingerprint density at radius 3 is 2.80 bits per heavy atom. The maximum atomic E-state index is 12.1. The van der Waals surface area contributed by atoms with Gasteiger partial charge in [0.25, 0.3) is 10.0 Å². The molecule has 0 spiro atoms. The van der Waals surface area contributed by atoms with Crippen LogP contribution >= 0.6 is 0 Å². The van der Waals surface area contributed by atoms with Gasteiger partial charge in [0, 0.05) is 19.8 Å². The van der Waals surface area contributed by atoms with Crippen molar-refractivity contribution in [1.29, 1.82) is 0 Å². The first-order chi connectivity index (χ1) is 9.31. The number of rotatable bonds is 5. The summed E-state index contributed by atoms with van der Waals surface area (Å²) in [5.41, 5.74) is 0. The molecule has 112 valence electrons. The van der Waals surface area contributed by atoms with Crippen molar-refractivity contribution >= 4 is 16.0 Å². The van der Waals surface area contributed by atoms with Gasteiger partial charge in [0.15, 0.2) is 5.03 Å². The van der Waals surface area contributed by atoms with Crippen LogP contribution in [0.1, 0.15) is 25.1 Å². The largest absolute Gasteiger partial charge is 0.481 e. The number of carboxylic acids is 1. The van der Waals surface area contributed by atoms with Crippen LogP contribution in [0.25, 0.3) is 0 Å². The number of aryl methyl sites for hydroxylation is 2. The van der Waals surface area contributed by atoms with Crippen LogP contribution in [0.4, 0.5) is 0 Å². The molecule has 1 aromatic heterocycles. The summed E-state index contributed by atoms with van der Waals surface area (Å²) in [5.74, 6) is -0.842. The number of carbonyl (C=O) groups is 1. The van der Waals surface area contributed by atoms with Crippen molar-refractivity contribution in [2.75, 3.05) is 6.54 Å². The summed E-state index contributed by atoms with van der Waals surface area (Å²) in [7, 11) is -1.95. The first-order valence-corrected chi connectivity index (χ1v) is 8.02. The van der Waals surface area contributed by atoms with Crippen molar-refractivity contribution in [2.45, 2.75) is 31.2 Å². The molecule has 0 aliphatic heterocycles. The summed E-state index contributed by atoms with van der Waals surface area (Å²) in [6, 6.07) is 0. The first-order valence-electron chi connectivity index (χ1n) is 6.53. The summed E-state index contributed by atoms with van der Waals surface area (Å²) in [6.45, 7) is 1.87. The third-order valence-corrected chi connectivity index (χ3v) is 5.17. The van der Waals surface area contributed by atoms with E-state index in [2.05, 4.69) is 9.71 Å². The molecule has 7 nitrogen and oxygen atoms in total. The minimum Gasteiger partial charge on any atom is -0.481 e. The van der Waals surface area contributed by atoms with Crippen molar-refractivity contribution in [3.8, 4) is 0 Å². The fourth-order valence-electron chi connectivity index (χ4n) is 2.55. The Balaban J connectivity index is 2.04. The van der Waals surface area contributed by atoms with Gasteiger partial charge in [0.05, 0.1) is 5.92 Å². The fraction of sp³-hybridized carbons (Fsp3) is 0.667. The monoisotopic (exact) mass is 301 g/mol. The summed E-state index contributed by atoms with van der Waals surface area (Å²) in [5, 5.41) is 9.05. The molecule has 0 aromatic carbocycles. The standard InChI is InChI=1S/C12H19N3O4S/c1-8-14-11(7-15(8)2)20(18,19)13-6-9-4-3-5-10(9)12(16)17/h7,9-10,13H,3-6H2,1-2H3,(H,16,17). The predicted molar refractivity (Wildman–Crippen MR) is 71.6 cm³/mol. The molecule has 2 rings (SSSR count). The summed E-state index contributed by atoms with van der Waals surface area (Å²) in [4.78, 5) is 15.0. The van der Waals surface area contributed by atoms with Gasteiger partial charge in [0.1, 0.15) is 5.82 Å². The number of nitrogens with zero attached hydrogens (tertiary/aromatic N) is 2. The van der Waals surface area contributed by atoms with Gasteiger partial charge >= 0.3 is 5.97 Å². The molecule has 1 heterocycles. The van der Waals surface area contributed by atoms with Crippen LogP contribution in [0.5, 0.6) is 0 Å². The fourth-order valence-corrected chi connectivity index (χ4v) is 3.68. The van der Waals surface area contributed by atoms with Crippen molar-refractivity contribution in [1.82, 2.24) is 14.3 Å². The van der Waals surface area contributed by atoms with E-state index in [0.717, 1.165) is 12.8 Å². The predicted octanol–water partition coefficient (Wildman–Crippen LogP) is 0.508. The van der Waals surface area contributed by atoms with E-state index < -0.39 is 21.9 Å². The summed E-state index contributed by atoms with van der Waals surface area (Å²) >= 11 is 0. The Morgan fingerprint density at radius 1 is 1.55 bits per heavy atom. The van der Waals surface area contributed by atoms with Crippen molar-refractivity contribution in [2.24, 2.45) is 18.9 Å². The molecule has 0 saturated heterocycles. The van der Waals surface area contributed by atoms with E-state index in [1.165, 1.54) is 6.20 Å². The maximum Gasteiger partial charge on any atom is 0.306 e. The first kappa shape index (κ1) is 15.0. The van der Waals surface area contributed by atoms with E-state index >= 15 is 0 Å². The van der Waals surface area contributed by atoms with Crippen molar-refractivity contribution in [3.05, 3.63) is 12.0 Å². The molecule has 1 aliphatic carbocycles. The number of hydrogen-bond acceptors (Lipinski definition) is 4. The molecular formula is C12H19N3O4S. The lowest BCUT2D eigenvalue weighted by molar-refractivity contribution is -0.142. The van der Waals surface area contributed by atoms with E-state index in [0.29, 0.717) is 12.2 Å². The third-order valence-electron chi connectivity index (χ3n) is 3.87. The van der Waals surface area contributed by atoms with E-state index in [1.54, 1.807) is 18.5 Å². The van der Waals surface area contributed by atoms with Gasteiger partial charge in [-0.1, -0.05) is 6.42 Å². The van der Waals surface area contributed by atoms with Crippen molar-refractivity contribution in [3.63, 3.8) is 0 Å². The molecule has 20 heavy (non-hydrogen) atoms. The van der Waals surface area contributed by atoms with E-state index in [4.69, 9.17) is 5.11 Å². The van der Waals surface area contributed by atoms with Crippen LogP contribution in [0.2, 0.25) is 0 Å². The van der Waals surface area contributed by atoms with Gasteiger partial charge < -0.3 is 9.67 Å². The molecule has 1 aliphatic rings. The highest BCUT2D eigenvalue weighted by Crippen LogP contribution is 2.31. The van der Waals surface area contributed by atoms with Gasteiger partial charge in [0.2, 0.25) is 0 Å². The highest BCUT2D eigenvalue weighted by atomic mass is 32.2. The zero-order valence-electron chi connectivity index (χ0n) is 11.5. The number of carboxylic acid groups (broad SMARTS) is 1. The van der Waals surface area contributed by atoms with Crippen LogP contribution in [-0.4, -0.2) is 35.6 Å². The van der Waals surface area contributed by atoms with Gasteiger partial charge in [-0.2, -0.15) is 0 Å². The Morgan fingerprint density at radius 2 is 2.25 bits per heavy atom. The van der Waals surface area contributed by atoms with Crippen LogP contribution in [-0.2, 0) is 21.9 Å². The number of sulfonamides is 1. The second-order valence-electron chi connectivity index (χ2n) is 5.22. The molecule has 8 heteroatoms. The third kappa shape index (κ3) is 3.01. The summed E-state index contributed by atoms with van der Waals surface area (Å²) < 4.78 is 28.3. The lowest BCUT2D eigenvalue weighted by atomic mass is 9.97. The molecule has 2 atom stereocenters. The number of imidazole rings is 1.